The Morgan fingerprint density at radius 1 is 0.341 bits per heavy atom. The van der Waals surface area contributed by atoms with Crippen LogP contribution in [0.15, 0.2) is 146 Å². The van der Waals surface area contributed by atoms with Crippen LogP contribution in [-0.2, 0) is 0 Å². The minimum Gasteiger partial charge on any atom is -0.399 e. The number of hydrogen-bond donors (Lipinski definition) is 2. The number of carbonyl (C=O) groups is 3. The second-order valence-corrected chi connectivity index (χ2v) is 10.4. The van der Waals surface area contributed by atoms with E-state index < -0.39 is 0 Å². The molecule has 5 nitrogen and oxygen atoms in total. The summed E-state index contributed by atoms with van der Waals surface area (Å²) in [5, 5.41) is 0. The molecule has 6 aromatic rings. The fraction of sp³-hybridized carbons (Fsp3) is 0. The monoisotopic (exact) mass is 572 g/mol. The van der Waals surface area contributed by atoms with Crippen LogP contribution in [0, 0.1) is 0 Å². The molecule has 0 amide bonds. The first-order chi connectivity index (χ1) is 21.4. The summed E-state index contributed by atoms with van der Waals surface area (Å²) in [6.07, 6.45) is 0. The molecule has 0 aliphatic heterocycles. The zero-order valence-corrected chi connectivity index (χ0v) is 23.7. The van der Waals surface area contributed by atoms with Crippen LogP contribution in [0.5, 0.6) is 0 Å². The van der Waals surface area contributed by atoms with Gasteiger partial charge in [0, 0.05) is 50.3 Å². The number of nitrogen functional groups attached to an aromatic ring is 2. The van der Waals surface area contributed by atoms with E-state index in [1.165, 1.54) is 0 Å². The van der Waals surface area contributed by atoms with Gasteiger partial charge in [0.05, 0.1) is 0 Å². The largest absolute Gasteiger partial charge is 0.399 e. The van der Waals surface area contributed by atoms with Crippen molar-refractivity contribution >= 4 is 28.7 Å². The smallest absolute Gasteiger partial charge is 0.193 e. The van der Waals surface area contributed by atoms with Crippen LogP contribution in [0.3, 0.4) is 0 Å². The van der Waals surface area contributed by atoms with E-state index in [-0.39, 0.29) is 17.3 Å². The molecule has 6 aromatic carbocycles. The summed E-state index contributed by atoms with van der Waals surface area (Å²) in [6, 6.07) is 42.6. The van der Waals surface area contributed by atoms with Gasteiger partial charge < -0.3 is 11.5 Å². The van der Waals surface area contributed by atoms with Crippen LogP contribution in [0.2, 0.25) is 0 Å². The van der Waals surface area contributed by atoms with Crippen molar-refractivity contribution in [2.45, 2.75) is 0 Å². The Labute approximate surface area is 255 Å². The lowest BCUT2D eigenvalue weighted by Gasteiger charge is -2.19. The maximum absolute atomic E-state index is 14.1. The Hall–Kier alpha value is -6.07. The third-order valence-corrected chi connectivity index (χ3v) is 7.59. The zero-order valence-electron chi connectivity index (χ0n) is 23.7. The quantitative estimate of drug-likeness (QED) is 0.143. The van der Waals surface area contributed by atoms with Gasteiger partial charge in [-0.25, -0.2) is 0 Å². The van der Waals surface area contributed by atoms with Crippen molar-refractivity contribution < 1.29 is 14.4 Å². The van der Waals surface area contributed by atoms with Crippen LogP contribution in [0.4, 0.5) is 11.4 Å². The van der Waals surface area contributed by atoms with Crippen molar-refractivity contribution in [3.8, 4) is 22.3 Å². The molecular weight excluding hydrogens is 544 g/mol. The molecule has 0 radical (unpaired) electrons. The standard InChI is InChI=1S/C39H28N2O3/c40-28-21-17-26(18-22-28)37(42)33-13-6-4-11-30(33)31-15-8-16-35(39(44)25-9-2-1-3-10-25)36(31)32-12-5-7-14-34(32)38(43)27-19-23-29(41)24-20-27/h1-24H,40-41H2. The average molecular weight is 573 g/mol. The van der Waals surface area contributed by atoms with Gasteiger partial charge >= 0.3 is 0 Å². The Bertz CT molecular complexity index is 2010. The number of anilines is 2. The molecule has 6 rings (SSSR count). The van der Waals surface area contributed by atoms with Crippen molar-refractivity contribution in [2.24, 2.45) is 0 Å². The minimum atomic E-state index is -0.209. The van der Waals surface area contributed by atoms with Crippen LogP contribution in [-0.4, -0.2) is 17.3 Å². The molecule has 212 valence electrons. The number of hydrogen-bond acceptors (Lipinski definition) is 5. The fourth-order valence-corrected chi connectivity index (χ4v) is 5.40. The average Bonchev–Trinajstić information content (AvgIpc) is 3.08. The molecule has 44 heavy (non-hydrogen) atoms. The number of ketones is 3. The normalized spacial score (nSPS) is 10.7. The van der Waals surface area contributed by atoms with Gasteiger partial charge in [-0.3, -0.25) is 14.4 Å². The molecule has 0 fully saturated rings. The molecule has 0 atom stereocenters. The van der Waals surface area contributed by atoms with Crippen LogP contribution < -0.4 is 11.5 Å². The predicted molar refractivity (Wildman–Crippen MR) is 176 cm³/mol. The van der Waals surface area contributed by atoms with E-state index in [0.29, 0.717) is 67.0 Å². The summed E-state index contributed by atoms with van der Waals surface area (Å²) in [5.74, 6) is -0.586. The minimum absolute atomic E-state index is 0.183. The highest BCUT2D eigenvalue weighted by Crippen LogP contribution is 2.40. The summed E-state index contributed by atoms with van der Waals surface area (Å²) < 4.78 is 0. The Kier molecular flexibility index (Phi) is 7.68. The first kappa shape index (κ1) is 28.1. The highest BCUT2D eigenvalue weighted by Gasteiger charge is 2.25. The number of nitrogens with two attached hydrogens (primary N) is 2. The van der Waals surface area contributed by atoms with Crippen molar-refractivity contribution in [3.63, 3.8) is 0 Å². The van der Waals surface area contributed by atoms with Gasteiger partial charge in [-0.05, 0) is 65.2 Å². The molecule has 0 saturated heterocycles. The molecule has 0 spiro atoms. The third kappa shape index (κ3) is 5.42. The molecular formula is C39H28N2O3. The Morgan fingerprint density at radius 2 is 0.727 bits per heavy atom. The van der Waals surface area contributed by atoms with E-state index in [1.807, 2.05) is 60.7 Å². The van der Waals surface area contributed by atoms with E-state index >= 15 is 0 Å². The first-order valence-electron chi connectivity index (χ1n) is 14.1. The predicted octanol–water partition coefficient (Wildman–Crippen LogP) is 7.88. The lowest BCUT2D eigenvalue weighted by molar-refractivity contribution is 0.103. The number of rotatable bonds is 8. The van der Waals surface area contributed by atoms with Crippen molar-refractivity contribution in [2.75, 3.05) is 11.5 Å². The van der Waals surface area contributed by atoms with Gasteiger partial charge in [0.15, 0.2) is 17.3 Å². The fourth-order valence-electron chi connectivity index (χ4n) is 5.40. The van der Waals surface area contributed by atoms with Gasteiger partial charge in [0.2, 0.25) is 0 Å². The molecule has 5 heteroatoms. The molecule has 0 aromatic heterocycles. The highest BCUT2D eigenvalue weighted by molar-refractivity contribution is 6.20. The van der Waals surface area contributed by atoms with E-state index in [2.05, 4.69) is 0 Å². The van der Waals surface area contributed by atoms with Gasteiger partial charge in [0.1, 0.15) is 0 Å². The summed E-state index contributed by atoms with van der Waals surface area (Å²) in [5.41, 5.74) is 18.1. The summed E-state index contributed by atoms with van der Waals surface area (Å²) >= 11 is 0. The summed E-state index contributed by atoms with van der Waals surface area (Å²) in [4.78, 5) is 41.9. The SMILES string of the molecule is Nc1ccc(C(=O)c2ccccc2-c2cccc(C(=O)c3ccccc3)c2-c2ccccc2C(=O)c2ccc(N)cc2)cc1. The number of carbonyl (C=O) groups excluding carboxylic acids is 3. The molecule has 0 aliphatic rings. The van der Waals surface area contributed by atoms with E-state index in [0.717, 1.165) is 0 Å². The van der Waals surface area contributed by atoms with E-state index in [1.54, 1.807) is 84.9 Å². The molecule has 0 heterocycles. The van der Waals surface area contributed by atoms with Gasteiger partial charge in [-0.1, -0.05) is 97.1 Å². The molecule has 0 unspecified atom stereocenters. The van der Waals surface area contributed by atoms with Crippen LogP contribution in [0.1, 0.15) is 47.8 Å². The zero-order chi connectivity index (χ0) is 30.6. The second-order valence-electron chi connectivity index (χ2n) is 10.4. The van der Waals surface area contributed by atoms with Crippen LogP contribution in [0.25, 0.3) is 22.3 Å². The van der Waals surface area contributed by atoms with E-state index in [9.17, 15) is 14.4 Å². The van der Waals surface area contributed by atoms with E-state index in [4.69, 9.17) is 11.5 Å². The lowest BCUT2D eigenvalue weighted by Crippen LogP contribution is -2.10. The first-order valence-corrected chi connectivity index (χ1v) is 14.1. The highest BCUT2D eigenvalue weighted by atomic mass is 16.1. The Morgan fingerprint density at radius 3 is 1.30 bits per heavy atom. The topological polar surface area (TPSA) is 103 Å². The summed E-state index contributed by atoms with van der Waals surface area (Å²) in [6.45, 7) is 0. The van der Waals surface area contributed by atoms with Crippen molar-refractivity contribution in [1.82, 2.24) is 0 Å². The van der Waals surface area contributed by atoms with Gasteiger partial charge in [-0.15, -0.1) is 0 Å². The lowest BCUT2D eigenvalue weighted by atomic mass is 9.82. The Balaban J connectivity index is 1.61. The molecule has 0 aliphatic carbocycles. The summed E-state index contributed by atoms with van der Waals surface area (Å²) in [7, 11) is 0. The van der Waals surface area contributed by atoms with Gasteiger partial charge in [0.25, 0.3) is 0 Å². The maximum atomic E-state index is 14.1. The van der Waals surface area contributed by atoms with Crippen molar-refractivity contribution in [1.29, 1.82) is 0 Å². The molecule has 0 bridgehead atoms. The number of benzene rings is 6. The third-order valence-electron chi connectivity index (χ3n) is 7.59. The second kappa shape index (κ2) is 12.0. The maximum Gasteiger partial charge on any atom is 0.193 e. The van der Waals surface area contributed by atoms with Crippen molar-refractivity contribution in [3.05, 3.63) is 179 Å². The molecule has 0 saturated carbocycles. The van der Waals surface area contributed by atoms with Crippen LogP contribution >= 0.6 is 0 Å². The van der Waals surface area contributed by atoms with Gasteiger partial charge in [-0.2, -0.15) is 0 Å². The molecule has 4 N–H and O–H groups in total.